The molecule has 7 nitrogen and oxygen atoms in total. The van der Waals surface area contributed by atoms with Crippen molar-refractivity contribution in [3.63, 3.8) is 0 Å². The number of nitrogens with zero attached hydrogens (tertiary/aromatic N) is 4. The van der Waals surface area contributed by atoms with Crippen LogP contribution >= 0.6 is 0 Å². The molecule has 4 aromatic rings. The number of aromatic nitrogens is 3. The van der Waals surface area contributed by atoms with Crippen molar-refractivity contribution < 1.29 is 8.42 Å². The van der Waals surface area contributed by atoms with E-state index in [4.69, 9.17) is 0 Å². The van der Waals surface area contributed by atoms with Gasteiger partial charge in [0.2, 0.25) is 0 Å². The van der Waals surface area contributed by atoms with Crippen molar-refractivity contribution in [2.75, 3.05) is 30.6 Å². The summed E-state index contributed by atoms with van der Waals surface area (Å²) in [5.74, 6) is 0.619. The van der Waals surface area contributed by atoms with Gasteiger partial charge in [0.25, 0.3) is 0 Å². The molecule has 0 unspecified atom stereocenters. The lowest BCUT2D eigenvalue weighted by Gasteiger charge is -2.14. The van der Waals surface area contributed by atoms with Crippen molar-refractivity contribution in [3.8, 4) is 11.3 Å². The molecule has 2 heterocycles. The molecule has 0 aliphatic carbocycles. The normalized spacial score (nSPS) is 11.6. The fourth-order valence-corrected chi connectivity index (χ4v) is 3.77. The number of nitrogens with one attached hydrogen (secondary N) is 1. The Morgan fingerprint density at radius 3 is 2.59 bits per heavy atom. The molecule has 0 saturated heterocycles. The number of rotatable bonds is 5. The molecule has 1 N–H and O–H groups in total. The van der Waals surface area contributed by atoms with Crippen LogP contribution < -0.4 is 10.2 Å². The molecule has 29 heavy (non-hydrogen) atoms. The van der Waals surface area contributed by atoms with Gasteiger partial charge < -0.3 is 10.2 Å². The van der Waals surface area contributed by atoms with Crippen molar-refractivity contribution >= 4 is 32.7 Å². The third-order valence-corrected chi connectivity index (χ3v) is 5.72. The fourth-order valence-electron chi connectivity index (χ4n) is 3.11. The maximum atomic E-state index is 11.9. The Morgan fingerprint density at radius 2 is 1.83 bits per heavy atom. The molecule has 4 rings (SSSR count). The number of benzene rings is 2. The number of fused-ring (bicyclic) bond motifs is 1. The van der Waals surface area contributed by atoms with Gasteiger partial charge in [-0.3, -0.25) is 4.40 Å². The molecule has 0 spiro atoms. The van der Waals surface area contributed by atoms with Gasteiger partial charge in [0.15, 0.2) is 21.3 Å². The highest BCUT2D eigenvalue weighted by Gasteiger charge is 2.13. The summed E-state index contributed by atoms with van der Waals surface area (Å²) >= 11 is 0. The summed E-state index contributed by atoms with van der Waals surface area (Å²) in [7, 11) is 0.691. The van der Waals surface area contributed by atoms with E-state index in [0.717, 1.165) is 22.6 Å². The maximum Gasteiger partial charge on any atom is 0.180 e. The van der Waals surface area contributed by atoms with Gasteiger partial charge in [0.05, 0.1) is 16.8 Å². The molecule has 0 amide bonds. The Hall–Kier alpha value is -3.39. The van der Waals surface area contributed by atoms with E-state index < -0.39 is 9.84 Å². The van der Waals surface area contributed by atoms with Crippen molar-refractivity contribution in [2.45, 2.75) is 4.90 Å². The first-order valence-electron chi connectivity index (χ1n) is 9.00. The van der Waals surface area contributed by atoms with Crippen LogP contribution in [-0.2, 0) is 9.84 Å². The Morgan fingerprint density at radius 1 is 1.03 bits per heavy atom. The topological polar surface area (TPSA) is 79.6 Å². The molecule has 148 valence electrons. The molecule has 0 atom stereocenters. The molecule has 0 radical (unpaired) electrons. The highest BCUT2D eigenvalue weighted by Crippen LogP contribution is 2.27. The van der Waals surface area contributed by atoms with E-state index in [1.54, 1.807) is 30.6 Å². The Bertz CT molecular complexity index is 1300. The second-order valence-corrected chi connectivity index (χ2v) is 9.00. The monoisotopic (exact) mass is 407 g/mol. The summed E-state index contributed by atoms with van der Waals surface area (Å²) in [6, 6.07) is 14.9. The Labute approximate surface area is 169 Å². The van der Waals surface area contributed by atoms with E-state index in [2.05, 4.69) is 15.3 Å². The molecular formula is C21H21N5O2S. The smallest absolute Gasteiger partial charge is 0.180 e. The molecular weight excluding hydrogens is 386 g/mol. The first-order valence-corrected chi connectivity index (χ1v) is 10.9. The lowest BCUT2D eigenvalue weighted by Crippen LogP contribution is -2.08. The average Bonchev–Trinajstić information content (AvgIpc) is 3.13. The van der Waals surface area contributed by atoms with Crippen LogP contribution in [0.15, 0.2) is 72.0 Å². The van der Waals surface area contributed by atoms with Crippen molar-refractivity contribution in [2.24, 2.45) is 0 Å². The highest BCUT2D eigenvalue weighted by atomic mass is 32.2. The van der Waals surface area contributed by atoms with E-state index >= 15 is 0 Å². The predicted octanol–water partition coefficient (Wildman–Crippen LogP) is 3.61. The van der Waals surface area contributed by atoms with Gasteiger partial charge in [-0.1, -0.05) is 18.2 Å². The Kier molecular flexibility index (Phi) is 4.71. The van der Waals surface area contributed by atoms with Gasteiger partial charge >= 0.3 is 0 Å². The largest absolute Gasteiger partial charge is 0.378 e. The van der Waals surface area contributed by atoms with Crippen LogP contribution in [0.25, 0.3) is 16.9 Å². The summed E-state index contributed by atoms with van der Waals surface area (Å²) in [5.41, 5.74) is 4.19. The van der Waals surface area contributed by atoms with Crippen LogP contribution in [-0.4, -0.2) is 43.1 Å². The van der Waals surface area contributed by atoms with Gasteiger partial charge in [-0.25, -0.2) is 18.4 Å². The number of hydrogen-bond acceptors (Lipinski definition) is 6. The summed E-state index contributed by atoms with van der Waals surface area (Å²) in [6.07, 6.45) is 6.43. The standard InChI is InChI=1S/C21H21N5O2S/c1-25(2)17-8-5-7-16(13-17)24-20-21-23-14-19(26(21)11-10-22-20)15-6-4-9-18(12-15)29(3,27)28/h4-14H,1-3H3,(H,22,24). The minimum atomic E-state index is -3.29. The maximum absolute atomic E-state index is 11.9. The Balaban J connectivity index is 1.76. The van der Waals surface area contributed by atoms with E-state index in [-0.39, 0.29) is 4.90 Å². The van der Waals surface area contributed by atoms with Crippen LogP contribution in [0.4, 0.5) is 17.2 Å². The number of hydrogen-bond donors (Lipinski definition) is 1. The molecule has 0 aliphatic heterocycles. The third kappa shape index (κ3) is 3.79. The lowest BCUT2D eigenvalue weighted by molar-refractivity contribution is 0.602. The van der Waals surface area contributed by atoms with Gasteiger partial charge in [-0.15, -0.1) is 0 Å². The van der Waals surface area contributed by atoms with Crippen LogP contribution in [0.5, 0.6) is 0 Å². The molecule has 2 aromatic heterocycles. The molecule has 0 bridgehead atoms. The van der Waals surface area contributed by atoms with E-state index in [9.17, 15) is 8.42 Å². The molecule has 8 heteroatoms. The van der Waals surface area contributed by atoms with Crippen LogP contribution in [0, 0.1) is 0 Å². The number of sulfone groups is 1. The zero-order valence-corrected chi connectivity index (χ0v) is 17.2. The fraction of sp³-hybridized carbons (Fsp3) is 0.143. The number of imidazole rings is 1. The van der Waals surface area contributed by atoms with Gasteiger partial charge in [0, 0.05) is 49.7 Å². The molecule has 0 fully saturated rings. The summed E-state index contributed by atoms with van der Waals surface area (Å²) in [5, 5.41) is 3.33. The van der Waals surface area contributed by atoms with Crippen LogP contribution in [0.1, 0.15) is 0 Å². The highest BCUT2D eigenvalue weighted by molar-refractivity contribution is 7.90. The zero-order valence-electron chi connectivity index (χ0n) is 16.4. The zero-order chi connectivity index (χ0) is 20.6. The predicted molar refractivity (Wildman–Crippen MR) is 116 cm³/mol. The van der Waals surface area contributed by atoms with Crippen LogP contribution in [0.2, 0.25) is 0 Å². The van der Waals surface area contributed by atoms with Crippen molar-refractivity contribution in [1.82, 2.24) is 14.4 Å². The van der Waals surface area contributed by atoms with Crippen LogP contribution in [0.3, 0.4) is 0 Å². The summed E-state index contributed by atoms with van der Waals surface area (Å²) < 4.78 is 25.7. The molecule has 2 aromatic carbocycles. The van der Waals surface area contributed by atoms with Gasteiger partial charge in [-0.05, 0) is 30.3 Å². The van der Waals surface area contributed by atoms with E-state index in [1.807, 2.05) is 59.9 Å². The van der Waals surface area contributed by atoms with Gasteiger partial charge in [0.1, 0.15) is 0 Å². The first kappa shape index (κ1) is 18.9. The number of anilines is 3. The average molecular weight is 407 g/mol. The van der Waals surface area contributed by atoms with Gasteiger partial charge in [-0.2, -0.15) is 0 Å². The minimum Gasteiger partial charge on any atom is -0.378 e. The van der Waals surface area contributed by atoms with Crippen molar-refractivity contribution in [1.29, 1.82) is 0 Å². The van der Waals surface area contributed by atoms with E-state index in [1.165, 1.54) is 6.26 Å². The summed E-state index contributed by atoms with van der Waals surface area (Å²) in [6.45, 7) is 0. The lowest BCUT2D eigenvalue weighted by atomic mass is 10.2. The minimum absolute atomic E-state index is 0.276. The quantitative estimate of drug-likeness (QED) is 0.544. The third-order valence-electron chi connectivity index (χ3n) is 4.61. The molecule has 0 aliphatic rings. The second kappa shape index (κ2) is 7.21. The SMILES string of the molecule is CN(C)c1cccc(Nc2nccn3c(-c4cccc(S(C)(=O)=O)c4)cnc23)c1. The summed E-state index contributed by atoms with van der Waals surface area (Å²) in [4.78, 5) is 11.3. The van der Waals surface area contributed by atoms with Crippen molar-refractivity contribution in [3.05, 3.63) is 67.1 Å². The second-order valence-electron chi connectivity index (χ2n) is 6.98. The van der Waals surface area contributed by atoms with E-state index in [0.29, 0.717) is 11.5 Å². The molecule has 0 saturated carbocycles. The first-order chi connectivity index (χ1) is 13.8.